The van der Waals surface area contributed by atoms with Gasteiger partial charge in [-0.3, -0.25) is 14.6 Å². The molecule has 7 nitrogen and oxygen atoms in total. The molecule has 1 saturated heterocycles. The van der Waals surface area contributed by atoms with Gasteiger partial charge in [0.25, 0.3) is 0 Å². The number of carbonyl (C=O) groups is 1. The summed E-state index contributed by atoms with van der Waals surface area (Å²) in [4.78, 5) is 17.0. The molecular weight excluding hydrogens is 385 g/mol. The minimum absolute atomic E-state index is 0.0139. The van der Waals surface area contributed by atoms with Crippen LogP contribution in [0.2, 0.25) is 0 Å². The highest BCUT2D eigenvalue weighted by atomic mass is 19.1. The Balaban J connectivity index is 1.26. The van der Waals surface area contributed by atoms with Gasteiger partial charge < -0.3 is 10.1 Å². The van der Waals surface area contributed by atoms with Gasteiger partial charge in [0, 0.05) is 44.4 Å². The molecule has 0 spiro atoms. The highest BCUT2D eigenvalue weighted by Crippen LogP contribution is 2.40. The summed E-state index contributed by atoms with van der Waals surface area (Å²) in [5.74, 6) is 1.88. The molecule has 2 aliphatic rings. The predicted octanol–water partition coefficient (Wildman–Crippen LogP) is 2.76. The summed E-state index contributed by atoms with van der Waals surface area (Å²) in [6.07, 6.45) is 4.22. The molecule has 2 aromatic rings. The van der Waals surface area contributed by atoms with Crippen molar-refractivity contribution < 1.29 is 13.9 Å². The van der Waals surface area contributed by atoms with E-state index in [0.29, 0.717) is 30.8 Å². The molecule has 1 aromatic carbocycles. The number of hydrogen-bond donors (Lipinski definition) is 1. The summed E-state index contributed by atoms with van der Waals surface area (Å²) >= 11 is 0. The summed E-state index contributed by atoms with van der Waals surface area (Å²) < 4.78 is 20.9. The Kier molecular flexibility index (Phi) is 6.34. The first kappa shape index (κ1) is 20.8. The average Bonchev–Trinajstić information content (AvgIpc) is 3.48. The summed E-state index contributed by atoms with van der Waals surface area (Å²) in [7, 11) is 1.60. The van der Waals surface area contributed by atoms with Crippen LogP contribution in [0.1, 0.15) is 31.4 Å². The van der Waals surface area contributed by atoms with E-state index in [9.17, 15) is 9.18 Å². The summed E-state index contributed by atoms with van der Waals surface area (Å²) in [5, 5.41) is 7.41. The summed E-state index contributed by atoms with van der Waals surface area (Å²) in [6, 6.07) is 6.79. The van der Waals surface area contributed by atoms with Crippen LogP contribution >= 0.6 is 0 Å². The van der Waals surface area contributed by atoms with Gasteiger partial charge in [0.05, 0.1) is 25.9 Å². The molecule has 162 valence electrons. The lowest BCUT2D eigenvalue weighted by Crippen LogP contribution is -2.48. The van der Waals surface area contributed by atoms with E-state index in [4.69, 9.17) is 4.74 Å². The van der Waals surface area contributed by atoms with Crippen LogP contribution < -0.4 is 10.1 Å². The number of halogens is 1. The number of ether oxygens (including phenoxy) is 1. The number of hydrogen-bond acceptors (Lipinski definition) is 5. The number of amides is 1. The average molecular weight is 416 g/mol. The van der Waals surface area contributed by atoms with E-state index in [0.717, 1.165) is 37.6 Å². The van der Waals surface area contributed by atoms with Gasteiger partial charge in [-0.15, -0.1) is 0 Å². The van der Waals surface area contributed by atoms with Crippen LogP contribution in [-0.2, 0) is 11.3 Å². The molecule has 2 heterocycles. The van der Waals surface area contributed by atoms with Crippen LogP contribution in [0.25, 0.3) is 0 Å². The molecule has 0 bridgehead atoms. The summed E-state index contributed by atoms with van der Waals surface area (Å²) in [5.41, 5.74) is 0.849. The van der Waals surface area contributed by atoms with Crippen LogP contribution in [0, 0.1) is 11.7 Å². The fourth-order valence-electron chi connectivity index (χ4n) is 4.12. The zero-order valence-electron chi connectivity index (χ0n) is 17.7. The highest BCUT2D eigenvalue weighted by molar-refractivity contribution is 5.91. The number of aromatic nitrogens is 2. The van der Waals surface area contributed by atoms with E-state index in [2.05, 4.69) is 27.1 Å². The third kappa shape index (κ3) is 4.99. The molecule has 4 rings (SSSR count). The molecule has 1 amide bonds. The van der Waals surface area contributed by atoms with Crippen LogP contribution in [0.15, 0.2) is 30.5 Å². The van der Waals surface area contributed by atoms with E-state index in [1.807, 2.05) is 10.7 Å². The van der Waals surface area contributed by atoms with Crippen molar-refractivity contribution in [3.8, 4) is 5.75 Å². The molecule has 30 heavy (non-hydrogen) atoms. The molecular formula is C22H30FN5O2. The topological polar surface area (TPSA) is 62.6 Å². The Morgan fingerprint density at radius 3 is 2.67 bits per heavy atom. The van der Waals surface area contributed by atoms with Crippen molar-refractivity contribution in [3.63, 3.8) is 0 Å². The second kappa shape index (κ2) is 9.14. The molecule has 8 heteroatoms. The first-order valence-corrected chi connectivity index (χ1v) is 10.6. The molecule has 0 radical (unpaired) electrons. The van der Waals surface area contributed by atoms with E-state index in [-0.39, 0.29) is 11.7 Å². The van der Waals surface area contributed by atoms with Crippen molar-refractivity contribution in [2.75, 3.05) is 45.2 Å². The number of nitrogens with one attached hydrogen (secondary N) is 1. The quantitative estimate of drug-likeness (QED) is 0.718. The zero-order valence-corrected chi connectivity index (χ0v) is 17.7. The normalized spacial score (nSPS) is 18.9. The molecule has 1 aliphatic heterocycles. The molecule has 1 unspecified atom stereocenters. The standard InChI is InChI=1S/C22H30FN5O2/c1-16(17-3-4-17)28-21(7-8-24-28)25-22(29)15-27-11-9-26(10-12-27)14-18-13-19(23)5-6-20(18)30-2/h5-8,13,16-17H,3-4,9-12,14-15H2,1-2H3,(H,25,29). The number of carbonyl (C=O) groups excluding carboxylic acids is 1. The lowest BCUT2D eigenvalue weighted by atomic mass is 10.1. The fourth-order valence-corrected chi connectivity index (χ4v) is 4.12. The van der Waals surface area contributed by atoms with Gasteiger partial charge in [-0.1, -0.05) is 0 Å². The maximum atomic E-state index is 13.6. The second-order valence-corrected chi connectivity index (χ2v) is 8.30. The monoisotopic (exact) mass is 415 g/mol. The van der Waals surface area contributed by atoms with Gasteiger partial charge in [0.15, 0.2) is 0 Å². The van der Waals surface area contributed by atoms with Crippen molar-refractivity contribution in [2.45, 2.75) is 32.4 Å². The number of benzene rings is 1. The van der Waals surface area contributed by atoms with Crippen LogP contribution in [0.4, 0.5) is 10.2 Å². The lowest BCUT2D eigenvalue weighted by Gasteiger charge is -2.34. The molecule has 1 atom stereocenters. The number of methoxy groups -OCH3 is 1. The Bertz CT molecular complexity index is 874. The van der Waals surface area contributed by atoms with Gasteiger partial charge >= 0.3 is 0 Å². The smallest absolute Gasteiger partial charge is 0.239 e. The van der Waals surface area contributed by atoms with Crippen LogP contribution in [-0.4, -0.2) is 65.3 Å². The number of piperazine rings is 1. The molecule has 2 fully saturated rings. The fraction of sp³-hybridized carbons (Fsp3) is 0.545. The van der Waals surface area contributed by atoms with Crippen molar-refractivity contribution in [2.24, 2.45) is 5.92 Å². The van der Waals surface area contributed by atoms with Crippen LogP contribution in [0.3, 0.4) is 0 Å². The van der Waals surface area contributed by atoms with Crippen molar-refractivity contribution in [1.29, 1.82) is 0 Å². The maximum absolute atomic E-state index is 13.6. The molecule has 1 aromatic heterocycles. The number of nitrogens with zero attached hydrogens (tertiary/aromatic N) is 4. The number of rotatable bonds is 8. The Labute approximate surface area is 176 Å². The predicted molar refractivity (Wildman–Crippen MR) is 113 cm³/mol. The lowest BCUT2D eigenvalue weighted by molar-refractivity contribution is -0.117. The van der Waals surface area contributed by atoms with Crippen molar-refractivity contribution in [1.82, 2.24) is 19.6 Å². The largest absolute Gasteiger partial charge is 0.496 e. The van der Waals surface area contributed by atoms with Crippen molar-refractivity contribution in [3.05, 3.63) is 41.8 Å². The van der Waals surface area contributed by atoms with Gasteiger partial charge in [0.2, 0.25) is 5.91 Å². The summed E-state index contributed by atoms with van der Waals surface area (Å²) in [6.45, 7) is 6.39. The van der Waals surface area contributed by atoms with Gasteiger partial charge in [-0.05, 0) is 43.9 Å². The first-order valence-electron chi connectivity index (χ1n) is 10.6. The van der Waals surface area contributed by atoms with E-state index in [1.165, 1.54) is 25.0 Å². The Morgan fingerprint density at radius 2 is 1.97 bits per heavy atom. The zero-order chi connectivity index (χ0) is 21.1. The Hall–Kier alpha value is -2.45. The molecule has 1 saturated carbocycles. The third-order valence-corrected chi connectivity index (χ3v) is 6.10. The molecule has 1 N–H and O–H groups in total. The SMILES string of the molecule is COc1ccc(F)cc1CN1CCN(CC(=O)Nc2ccnn2C(C)C2CC2)CC1. The highest BCUT2D eigenvalue weighted by Gasteiger charge is 2.31. The van der Waals surface area contributed by atoms with Gasteiger partial charge in [-0.2, -0.15) is 5.10 Å². The third-order valence-electron chi connectivity index (χ3n) is 6.10. The van der Waals surface area contributed by atoms with E-state index < -0.39 is 0 Å². The maximum Gasteiger partial charge on any atom is 0.239 e. The second-order valence-electron chi connectivity index (χ2n) is 8.30. The van der Waals surface area contributed by atoms with Crippen LogP contribution in [0.5, 0.6) is 5.75 Å². The van der Waals surface area contributed by atoms with E-state index in [1.54, 1.807) is 19.4 Å². The first-order chi connectivity index (χ1) is 14.5. The van der Waals surface area contributed by atoms with E-state index >= 15 is 0 Å². The Morgan fingerprint density at radius 1 is 1.23 bits per heavy atom. The minimum Gasteiger partial charge on any atom is -0.496 e. The van der Waals surface area contributed by atoms with Gasteiger partial charge in [0.1, 0.15) is 17.4 Å². The minimum atomic E-state index is -0.253. The molecule has 1 aliphatic carbocycles. The van der Waals surface area contributed by atoms with Crippen molar-refractivity contribution >= 4 is 11.7 Å². The number of anilines is 1. The van der Waals surface area contributed by atoms with Gasteiger partial charge in [-0.25, -0.2) is 9.07 Å².